The van der Waals surface area contributed by atoms with Crippen molar-refractivity contribution < 1.29 is 9.18 Å². The first-order chi connectivity index (χ1) is 8.93. The molecule has 0 radical (unpaired) electrons. The molecule has 0 aliphatic heterocycles. The number of nitrogens with zero attached hydrogens (tertiary/aromatic N) is 1. The van der Waals surface area contributed by atoms with Crippen molar-refractivity contribution in [2.45, 2.75) is 32.7 Å². The van der Waals surface area contributed by atoms with Crippen molar-refractivity contribution in [1.82, 2.24) is 4.90 Å². The quantitative estimate of drug-likeness (QED) is 0.878. The predicted molar refractivity (Wildman–Crippen MR) is 82.4 cm³/mol. The van der Waals surface area contributed by atoms with Crippen LogP contribution in [0.1, 0.15) is 25.8 Å². The van der Waals surface area contributed by atoms with Gasteiger partial charge in [-0.15, -0.1) is 12.4 Å². The molecule has 5 heteroatoms. The molecule has 0 bridgehead atoms. The first kappa shape index (κ1) is 18.9. The largest absolute Gasteiger partial charge is 0.342 e. The molecule has 3 nitrogen and oxygen atoms in total. The van der Waals surface area contributed by atoms with Crippen molar-refractivity contribution in [3.8, 4) is 0 Å². The van der Waals surface area contributed by atoms with Gasteiger partial charge in [-0.25, -0.2) is 4.39 Å². The van der Waals surface area contributed by atoms with Gasteiger partial charge in [0, 0.05) is 26.1 Å². The highest BCUT2D eigenvalue weighted by molar-refractivity contribution is 5.85. The van der Waals surface area contributed by atoms with Crippen LogP contribution in [0.5, 0.6) is 0 Å². The minimum atomic E-state index is -0.232. The fraction of sp³-hybridized carbons (Fsp3) is 0.533. The summed E-state index contributed by atoms with van der Waals surface area (Å²) in [4.78, 5) is 13.7. The van der Waals surface area contributed by atoms with E-state index >= 15 is 0 Å². The van der Waals surface area contributed by atoms with Crippen molar-refractivity contribution in [2.24, 2.45) is 11.7 Å². The normalized spacial score (nSPS) is 13.2. The van der Waals surface area contributed by atoms with E-state index in [0.29, 0.717) is 19.4 Å². The van der Waals surface area contributed by atoms with Crippen LogP contribution in [0.15, 0.2) is 24.3 Å². The van der Waals surface area contributed by atoms with Crippen LogP contribution in [-0.2, 0) is 11.2 Å². The van der Waals surface area contributed by atoms with Gasteiger partial charge < -0.3 is 10.6 Å². The number of hydrogen-bond acceptors (Lipinski definition) is 2. The number of benzene rings is 1. The third kappa shape index (κ3) is 5.88. The Morgan fingerprint density at radius 3 is 2.60 bits per heavy atom. The number of carbonyl (C=O) groups is 1. The fourth-order valence-corrected chi connectivity index (χ4v) is 1.98. The standard InChI is InChI=1S/C15H23FN2O.ClH/c1-11(7-13-5-4-6-14(16)9-13)8-15(19)18(3)12(2)10-17;/h4-6,9,11-12H,7-8,10,17H2,1-3H3;1H. The van der Waals surface area contributed by atoms with E-state index in [-0.39, 0.29) is 36.1 Å². The van der Waals surface area contributed by atoms with Crippen LogP contribution in [0.3, 0.4) is 0 Å². The van der Waals surface area contributed by atoms with Crippen LogP contribution in [0, 0.1) is 11.7 Å². The molecule has 0 aliphatic rings. The maximum Gasteiger partial charge on any atom is 0.222 e. The van der Waals surface area contributed by atoms with Gasteiger partial charge >= 0.3 is 0 Å². The van der Waals surface area contributed by atoms with Crippen LogP contribution in [0.2, 0.25) is 0 Å². The highest BCUT2D eigenvalue weighted by Crippen LogP contribution is 2.14. The number of likely N-dealkylation sites (N-methyl/N-ethyl adjacent to an activating group) is 1. The summed E-state index contributed by atoms with van der Waals surface area (Å²) in [7, 11) is 1.77. The SMILES string of the molecule is CC(CC(=O)N(C)C(C)CN)Cc1cccc(F)c1.Cl. The van der Waals surface area contributed by atoms with Gasteiger partial charge in [0.15, 0.2) is 0 Å². The van der Waals surface area contributed by atoms with E-state index in [1.807, 2.05) is 19.9 Å². The summed E-state index contributed by atoms with van der Waals surface area (Å²) in [6.45, 7) is 4.39. The molecule has 1 aromatic rings. The van der Waals surface area contributed by atoms with E-state index in [1.165, 1.54) is 12.1 Å². The highest BCUT2D eigenvalue weighted by Gasteiger charge is 2.17. The van der Waals surface area contributed by atoms with E-state index in [2.05, 4.69) is 0 Å². The number of halogens is 2. The molecule has 0 aliphatic carbocycles. The second kappa shape index (κ2) is 8.93. The smallest absolute Gasteiger partial charge is 0.222 e. The highest BCUT2D eigenvalue weighted by atomic mass is 35.5. The topological polar surface area (TPSA) is 46.3 Å². The molecule has 2 atom stereocenters. The van der Waals surface area contributed by atoms with Crippen molar-refractivity contribution in [3.63, 3.8) is 0 Å². The van der Waals surface area contributed by atoms with Crippen LogP contribution < -0.4 is 5.73 Å². The number of carbonyl (C=O) groups excluding carboxylic acids is 1. The average Bonchev–Trinajstić information content (AvgIpc) is 2.36. The lowest BCUT2D eigenvalue weighted by molar-refractivity contribution is -0.132. The van der Waals surface area contributed by atoms with Gasteiger partial charge in [0.2, 0.25) is 5.91 Å². The van der Waals surface area contributed by atoms with Crippen molar-refractivity contribution in [2.75, 3.05) is 13.6 Å². The second-order valence-electron chi connectivity index (χ2n) is 5.23. The zero-order chi connectivity index (χ0) is 14.4. The molecule has 2 N–H and O–H groups in total. The molecular formula is C15H24ClFN2O. The van der Waals surface area contributed by atoms with Gasteiger partial charge in [0.05, 0.1) is 0 Å². The second-order valence-corrected chi connectivity index (χ2v) is 5.23. The van der Waals surface area contributed by atoms with Crippen LogP contribution >= 0.6 is 12.4 Å². The number of hydrogen-bond donors (Lipinski definition) is 1. The molecule has 20 heavy (non-hydrogen) atoms. The van der Waals surface area contributed by atoms with Gasteiger partial charge in [-0.1, -0.05) is 19.1 Å². The van der Waals surface area contributed by atoms with Gasteiger partial charge in [0.1, 0.15) is 5.82 Å². The van der Waals surface area contributed by atoms with Crippen LogP contribution in [0.25, 0.3) is 0 Å². The van der Waals surface area contributed by atoms with Crippen molar-refractivity contribution >= 4 is 18.3 Å². The number of nitrogens with two attached hydrogens (primary N) is 1. The maximum absolute atomic E-state index is 13.1. The summed E-state index contributed by atoms with van der Waals surface area (Å²) in [6.07, 6.45) is 1.16. The minimum absolute atomic E-state index is 0. The molecule has 0 spiro atoms. The molecule has 0 heterocycles. The molecule has 1 amide bonds. The Balaban J connectivity index is 0.00000361. The number of amides is 1. The summed E-state index contributed by atoms with van der Waals surface area (Å²) in [5, 5.41) is 0. The van der Waals surface area contributed by atoms with E-state index in [1.54, 1.807) is 18.0 Å². The van der Waals surface area contributed by atoms with Gasteiger partial charge in [-0.3, -0.25) is 4.79 Å². The summed E-state index contributed by atoms with van der Waals surface area (Å²) < 4.78 is 13.1. The summed E-state index contributed by atoms with van der Waals surface area (Å²) in [5.41, 5.74) is 6.47. The Kier molecular flexibility index (Phi) is 8.42. The maximum atomic E-state index is 13.1. The Hall–Kier alpha value is -1.13. The van der Waals surface area contributed by atoms with E-state index in [9.17, 15) is 9.18 Å². The summed E-state index contributed by atoms with van der Waals surface area (Å²) in [6, 6.07) is 6.58. The molecular weight excluding hydrogens is 279 g/mol. The molecule has 1 rings (SSSR count). The predicted octanol–water partition coefficient (Wildman–Crippen LogP) is 2.62. The summed E-state index contributed by atoms with van der Waals surface area (Å²) >= 11 is 0. The monoisotopic (exact) mass is 302 g/mol. The first-order valence-corrected chi connectivity index (χ1v) is 6.64. The molecule has 0 fully saturated rings. The Labute approximate surface area is 126 Å². The third-order valence-electron chi connectivity index (χ3n) is 3.39. The molecule has 2 unspecified atom stereocenters. The van der Waals surface area contributed by atoms with E-state index in [4.69, 9.17) is 5.73 Å². The minimum Gasteiger partial charge on any atom is -0.342 e. The number of rotatable bonds is 6. The van der Waals surface area contributed by atoms with Crippen LogP contribution in [-0.4, -0.2) is 30.4 Å². The fourth-order valence-electron chi connectivity index (χ4n) is 1.98. The van der Waals surface area contributed by atoms with Gasteiger partial charge in [0.25, 0.3) is 0 Å². The zero-order valence-electron chi connectivity index (χ0n) is 12.3. The lowest BCUT2D eigenvalue weighted by Crippen LogP contribution is -2.40. The third-order valence-corrected chi connectivity index (χ3v) is 3.39. The molecule has 1 aromatic carbocycles. The van der Waals surface area contributed by atoms with Crippen molar-refractivity contribution in [1.29, 1.82) is 0 Å². The van der Waals surface area contributed by atoms with E-state index < -0.39 is 0 Å². The van der Waals surface area contributed by atoms with Gasteiger partial charge in [-0.05, 0) is 37.0 Å². The average molecular weight is 303 g/mol. The van der Waals surface area contributed by atoms with Gasteiger partial charge in [-0.2, -0.15) is 0 Å². The Bertz CT molecular complexity index is 428. The van der Waals surface area contributed by atoms with E-state index in [0.717, 1.165) is 5.56 Å². The molecule has 0 saturated carbocycles. The zero-order valence-corrected chi connectivity index (χ0v) is 13.1. The first-order valence-electron chi connectivity index (χ1n) is 6.64. The van der Waals surface area contributed by atoms with Crippen LogP contribution in [0.4, 0.5) is 4.39 Å². The molecule has 0 aromatic heterocycles. The molecule has 0 saturated heterocycles. The summed E-state index contributed by atoms with van der Waals surface area (Å²) in [5.74, 6) is 0.0356. The lowest BCUT2D eigenvalue weighted by atomic mass is 9.97. The molecule has 114 valence electrons. The lowest BCUT2D eigenvalue weighted by Gasteiger charge is -2.25. The van der Waals surface area contributed by atoms with Crippen molar-refractivity contribution in [3.05, 3.63) is 35.6 Å². The Morgan fingerprint density at radius 1 is 1.40 bits per heavy atom. The Morgan fingerprint density at radius 2 is 2.05 bits per heavy atom.